The smallest absolute Gasteiger partial charge is 0.143 e. The van der Waals surface area contributed by atoms with Gasteiger partial charge < -0.3 is 0 Å². The molecule has 1 rings (SSSR count). The van der Waals surface area contributed by atoms with Gasteiger partial charge in [-0.1, -0.05) is 6.07 Å². The van der Waals surface area contributed by atoms with E-state index < -0.39 is 11.6 Å². The van der Waals surface area contributed by atoms with Crippen LogP contribution >= 0.6 is 15.9 Å². The molecule has 1 nitrogen and oxygen atoms in total. The van der Waals surface area contributed by atoms with Gasteiger partial charge in [0.15, 0.2) is 0 Å². The normalized spacial score (nSPS) is 9.69. The summed E-state index contributed by atoms with van der Waals surface area (Å²) in [6, 6.07) is 4.44. The first-order valence-corrected chi connectivity index (χ1v) is 4.45. The lowest BCUT2D eigenvalue weighted by Crippen LogP contribution is -1.93. The Morgan fingerprint density at radius 3 is 2.69 bits per heavy atom. The largest absolute Gasteiger partial charge is 0.206 e. The highest BCUT2D eigenvalue weighted by Crippen LogP contribution is 2.23. The van der Waals surface area contributed by atoms with Gasteiger partial charge in [-0.2, -0.15) is 5.26 Å². The summed E-state index contributed by atoms with van der Waals surface area (Å²) in [6.07, 6.45) is 0.538. The number of aryl methyl sites for hydroxylation is 1. The standard InChI is InChI=1S/C9H6BrF2N/c10-8-7(11)4-3-6(9(8)12)2-1-5-13/h3-4H,1-2H2. The molecule has 0 spiro atoms. The third-order valence-corrected chi connectivity index (χ3v) is 2.35. The van der Waals surface area contributed by atoms with Crippen LogP contribution in [0.1, 0.15) is 12.0 Å². The summed E-state index contributed by atoms with van der Waals surface area (Å²) in [4.78, 5) is 0. The Balaban J connectivity index is 2.98. The van der Waals surface area contributed by atoms with E-state index in [0.717, 1.165) is 0 Å². The van der Waals surface area contributed by atoms with Gasteiger partial charge in [-0.3, -0.25) is 0 Å². The summed E-state index contributed by atoms with van der Waals surface area (Å²) in [5.74, 6) is -1.24. The molecule has 0 saturated heterocycles. The zero-order valence-electron chi connectivity index (χ0n) is 6.65. The van der Waals surface area contributed by atoms with Crippen LogP contribution in [-0.2, 0) is 6.42 Å². The molecule has 1 aromatic carbocycles. The predicted octanol–water partition coefficient (Wildman–Crippen LogP) is 3.18. The van der Waals surface area contributed by atoms with Crippen LogP contribution in [0.15, 0.2) is 16.6 Å². The molecule has 4 heteroatoms. The van der Waals surface area contributed by atoms with E-state index in [1.54, 1.807) is 0 Å². The minimum absolute atomic E-state index is 0.164. The zero-order valence-corrected chi connectivity index (χ0v) is 8.24. The van der Waals surface area contributed by atoms with Crippen molar-refractivity contribution in [3.63, 3.8) is 0 Å². The second-order valence-corrected chi connectivity index (χ2v) is 3.29. The Morgan fingerprint density at radius 2 is 2.08 bits per heavy atom. The molecule has 13 heavy (non-hydrogen) atoms. The number of hydrogen-bond acceptors (Lipinski definition) is 1. The van der Waals surface area contributed by atoms with Crippen LogP contribution in [-0.4, -0.2) is 0 Å². The molecule has 0 aliphatic heterocycles. The Kier molecular flexibility index (Phi) is 3.38. The van der Waals surface area contributed by atoms with Crippen molar-refractivity contribution in [1.29, 1.82) is 5.26 Å². The van der Waals surface area contributed by atoms with Gasteiger partial charge in [0, 0.05) is 6.42 Å². The third-order valence-electron chi connectivity index (χ3n) is 1.62. The number of nitriles is 1. The first-order valence-electron chi connectivity index (χ1n) is 3.66. The first-order chi connectivity index (χ1) is 6.16. The maximum Gasteiger partial charge on any atom is 0.143 e. The number of benzene rings is 1. The maximum absolute atomic E-state index is 13.2. The van der Waals surface area contributed by atoms with Gasteiger partial charge in [0.1, 0.15) is 11.6 Å². The summed E-state index contributed by atoms with van der Waals surface area (Å²) in [5.41, 5.74) is 0.356. The molecule has 0 unspecified atom stereocenters. The lowest BCUT2D eigenvalue weighted by Gasteiger charge is -2.02. The van der Waals surface area contributed by atoms with Crippen LogP contribution in [0.25, 0.3) is 0 Å². The van der Waals surface area contributed by atoms with E-state index >= 15 is 0 Å². The van der Waals surface area contributed by atoms with E-state index in [1.807, 2.05) is 6.07 Å². The van der Waals surface area contributed by atoms with Gasteiger partial charge >= 0.3 is 0 Å². The second kappa shape index (κ2) is 4.33. The number of rotatable bonds is 2. The van der Waals surface area contributed by atoms with Crippen LogP contribution in [0.5, 0.6) is 0 Å². The predicted molar refractivity (Wildman–Crippen MR) is 48.0 cm³/mol. The Hall–Kier alpha value is -0.950. The van der Waals surface area contributed by atoms with E-state index in [1.165, 1.54) is 12.1 Å². The van der Waals surface area contributed by atoms with Gasteiger partial charge in [0.25, 0.3) is 0 Å². The Bertz CT molecular complexity index is 357. The van der Waals surface area contributed by atoms with Crippen LogP contribution in [0.4, 0.5) is 8.78 Å². The summed E-state index contributed by atoms with van der Waals surface area (Å²) in [5, 5.41) is 8.28. The topological polar surface area (TPSA) is 23.8 Å². The fourth-order valence-corrected chi connectivity index (χ4v) is 1.34. The third kappa shape index (κ3) is 2.25. The minimum Gasteiger partial charge on any atom is -0.206 e. The highest BCUT2D eigenvalue weighted by molar-refractivity contribution is 9.10. The van der Waals surface area contributed by atoms with Crippen LogP contribution in [0.3, 0.4) is 0 Å². The second-order valence-electron chi connectivity index (χ2n) is 2.49. The SMILES string of the molecule is N#CCCc1ccc(F)c(Br)c1F. The van der Waals surface area contributed by atoms with E-state index in [2.05, 4.69) is 15.9 Å². The highest BCUT2D eigenvalue weighted by atomic mass is 79.9. The van der Waals surface area contributed by atoms with Gasteiger partial charge in [0.2, 0.25) is 0 Å². The van der Waals surface area contributed by atoms with Gasteiger partial charge in [-0.25, -0.2) is 8.78 Å². The van der Waals surface area contributed by atoms with Crippen molar-refractivity contribution < 1.29 is 8.78 Å². The molecule has 68 valence electrons. The van der Waals surface area contributed by atoms with Gasteiger partial charge in [0.05, 0.1) is 10.5 Å². The monoisotopic (exact) mass is 245 g/mol. The molecular formula is C9H6BrF2N. The molecule has 0 atom stereocenters. The van der Waals surface area contributed by atoms with E-state index in [9.17, 15) is 8.78 Å². The molecule has 0 heterocycles. The molecule has 0 amide bonds. The Labute approximate surface area is 83.1 Å². The number of hydrogen-bond donors (Lipinski definition) is 0. The van der Waals surface area contributed by atoms with Crippen molar-refractivity contribution in [3.05, 3.63) is 33.8 Å². The van der Waals surface area contributed by atoms with Crippen molar-refractivity contribution in [1.82, 2.24) is 0 Å². The molecule has 0 bridgehead atoms. The molecule has 0 aliphatic carbocycles. The first kappa shape index (κ1) is 10.1. The van der Waals surface area contributed by atoms with E-state index in [0.29, 0.717) is 12.0 Å². The number of halogens is 3. The lowest BCUT2D eigenvalue weighted by molar-refractivity contribution is 0.561. The van der Waals surface area contributed by atoms with E-state index in [4.69, 9.17) is 5.26 Å². The maximum atomic E-state index is 13.2. The minimum atomic E-state index is -0.627. The summed E-state index contributed by atoms with van der Waals surface area (Å²) >= 11 is 2.79. The molecule has 0 aliphatic rings. The zero-order chi connectivity index (χ0) is 9.84. The van der Waals surface area contributed by atoms with Gasteiger partial charge in [-0.05, 0) is 34.0 Å². The molecule has 0 radical (unpaired) electrons. The van der Waals surface area contributed by atoms with E-state index in [-0.39, 0.29) is 10.9 Å². The quantitative estimate of drug-likeness (QED) is 0.735. The van der Waals surface area contributed by atoms with Crippen LogP contribution in [0.2, 0.25) is 0 Å². The van der Waals surface area contributed by atoms with Crippen molar-refractivity contribution in [3.8, 4) is 6.07 Å². The Morgan fingerprint density at radius 1 is 1.38 bits per heavy atom. The van der Waals surface area contributed by atoms with Crippen molar-refractivity contribution in [2.24, 2.45) is 0 Å². The van der Waals surface area contributed by atoms with Crippen LogP contribution < -0.4 is 0 Å². The number of nitrogens with zero attached hydrogens (tertiary/aromatic N) is 1. The molecule has 0 aromatic heterocycles. The molecule has 0 N–H and O–H groups in total. The summed E-state index contributed by atoms with van der Waals surface area (Å²) in [7, 11) is 0. The van der Waals surface area contributed by atoms with Crippen molar-refractivity contribution >= 4 is 15.9 Å². The fraction of sp³-hybridized carbons (Fsp3) is 0.222. The van der Waals surface area contributed by atoms with Crippen LogP contribution in [0, 0.1) is 23.0 Å². The average Bonchev–Trinajstić information content (AvgIpc) is 2.13. The van der Waals surface area contributed by atoms with Gasteiger partial charge in [-0.15, -0.1) is 0 Å². The summed E-state index contributed by atoms with van der Waals surface area (Å²) in [6.45, 7) is 0. The molecule has 1 aromatic rings. The van der Waals surface area contributed by atoms with Crippen molar-refractivity contribution in [2.75, 3.05) is 0 Å². The highest BCUT2D eigenvalue weighted by Gasteiger charge is 2.10. The molecule has 0 fully saturated rings. The fourth-order valence-electron chi connectivity index (χ4n) is 0.950. The molecule has 0 saturated carbocycles. The summed E-state index contributed by atoms with van der Waals surface area (Å²) < 4.78 is 25.8. The lowest BCUT2D eigenvalue weighted by atomic mass is 10.1. The average molecular weight is 246 g/mol. The molecular weight excluding hydrogens is 240 g/mol. The van der Waals surface area contributed by atoms with Crippen molar-refractivity contribution in [2.45, 2.75) is 12.8 Å².